The molecule has 1 fully saturated rings. The van der Waals surface area contributed by atoms with Gasteiger partial charge in [0.1, 0.15) is 5.56 Å². The minimum absolute atomic E-state index is 0.0251. The number of halogens is 2. The zero-order chi connectivity index (χ0) is 14.0. The summed E-state index contributed by atoms with van der Waals surface area (Å²) in [5, 5.41) is 13.8. The molecule has 0 heterocycles. The molecule has 0 aromatic heterocycles. The summed E-state index contributed by atoms with van der Waals surface area (Å²) in [5.74, 6) is -0.0177. The second-order valence-electron chi connectivity index (χ2n) is 4.73. The molecule has 7 heteroatoms. The molecule has 0 bridgehead atoms. The predicted molar refractivity (Wildman–Crippen MR) is 72.8 cm³/mol. The Hall–Kier alpha value is -1.33. The lowest BCUT2D eigenvalue weighted by Crippen LogP contribution is -2.31. The average Bonchev–Trinajstić information content (AvgIpc) is 3.16. The summed E-state index contributed by atoms with van der Waals surface area (Å²) in [7, 11) is 0. The highest BCUT2D eigenvalue weighted by molar-refractivity contribution is 6.31. The molecule has 1 amide bonds. The molecule has 1 aromatic rings. The molecule has 0 unspecified atom stereocenters. The van der Waals surface area contributed by atoms with E-state index in [1.807, 2.05) is 0 Å². The Morgan fingerprint density at radius 3 is 2.68 bits per heavy atom. The zero-order valence-corrected chi connectivity index (χ0v) is 11.5. The van der Waals surface area contributed by atoms with Crippen LogP contribution in [-0.4, -0.2) is 23.3 Å². The quantitative estimate of drug-likeness (QED) is 0.516. The minimum atomic E-state index is -0.598. The Morgan fingerprint density at radius 2 is 2.16 bits per heavy atom. The SMILES string of the molecule is O=C(NCC1(CCl)CC1)c1cc(Cl)ccc1[N+](=O)[O-]. The van der Waals surface area contributed by atoms with Gasteiger partial charge >= 0.3 is 0 Å². The van der Waals surface area contributed by atoms with Crippen molar-refractivity contribution in [1.82, 2.24) is 5.32 Å². The molecular formula is C12H12Cl2N2O3. The van der Waals surface area contributed by atoms with Crippen molar-refractivity contribution in [2.45, 2.75) is 12.8 Å². The van der Waals surface area contributed by atoms with Crippen LogP contribution in [0.4, 0.5) is 5.69 Å². The number of nitro groups is 1. The van der Waals surface area contributed by atoms with E-state index in [2.05, 4.69) is 5.32 Å². The van der Waals surface area contributed by atoms with Gasteiger partial charge in [0.2, 0.25) is 0 Å². The van der Waals surface area contributed by atoms with E-state index in [4.69, 9.17) is 23.2 Å². The van der Waals surface area contributed by atoms with Gasteiger partial charge in [0, 0.05) is 28.9 Å². The van der Waals surface area contributed by atoms with Crippen LogP contribution in [0.1, 0.15) is 23.2 Å². The van der Waals surface area contributed by atoms with Gasteiger partial charge in [-0.1, -0.05) is 11.6 Å². The molecule has 0 radical (unpaired) electrons. The Kier molecular flexibility index (Phi) is 3.96. The van der Waals surface area contributed by atoms with Crippen LogP contribution in [0.25, 0.3) is 0 Å². The predicted octanol–water partition coefficient (Wildman–Crippen LogP) is 3.00. The van der Waals surface area contributed by atoms with Crippen LogP contribution in [-0.2, 0) is 0 Å². The Balaban J connectivity index is 2.14. The second kappa shape index (κ2) is 5.35. The fraction of sp³-hybridized carbons (Fsp3) is 0.417. The number of nitrogens with zero attached hydrogens (tertiary/aromatic N) is 1. The van der Waals surface area contributed by atoms with Gasteiger partial charge in [-0.25, -0.2) is 0 Å². The third-order valence-electron chi connectivity index (χ3n) is 3.26. The van der Waals surface area contributed by atoms with E-state index in [-0.39, 0.29) is 21.7 Å². The van der Waals surface area contributed by atoms with Gasteiger partial charge in [-0.15, -0.1) is 11.6 Å². The highest BCUT2D eigenvalue weighted by Gasteiger charge is 2.42. The maximum Gasteiger partial charge on any atom is 0.282 e. The fourth-order valence-electron chi connectivity index (χ4n) is 1.75. The molecule has 102 valence electrons. The van der Waals surface area contributed by atoms with Crippen LogP contribution in [0, 0.1) is 15.5 Å². The Labute approximate surface area is 120 Å². The van der Waals surface area contributed by atoms with Crippen molar-refractivity contribution in [3.63, 3.8) is 0 Å². The van der Waals surface area contributed by atoms with Crippen LogP contribution in [0.15, 0.2) is 18.2 Å². The van der Waals surface area contributed by atoms with Gasteiger partial charge in [0.25, 0.3) is 11.6 Å². The molecule has 5 nitrogen and oxygen atoms in total. The van der Waals surface area contributed by atoms with Crippen molar-refractivity contribution < 1.29 is 9.72 Å². The molecule has 1 N–H and O–H groups in total. The maximum atomic E-state index is 12.0. The number of nitrogens with one attached hydrogen (secondary N) is 1. The largest absolute Gasteiger partial charge is 0.351 e. The van der Waals surface area contributed by atoms with Crippen molar-refractivity contribution in [3.8, 4) is 0 Å². The highest BCUT2D eigenvalue weighted by atomic mass is 35.5. The van der Waals surface area contributed by atoms with Crippen molar-refractivity contribution in [1.29, 1.82) is 0 Å². The number of hydrogen-bond donors (Lipinski definition) is 1. The van der Waals surface area contributed by atoms with Crippen LogP contribution in [0.5, 0.6) is 0 Å². The van der Waals surface area contributed by atoms with Crippen LogP contribution in [0.3, 0.4) is 0 Å². The van der Waals surface area contributed by atoms with Crippen molar-refractivity contribution in [2.24, 2.45) is 5.41 Å². The van der Waals surface area contributed by atoms with E-state index in [1.54, 1.807) is 0 Å². The number of nitro benzene ring substituents is 1. The van der Waals surface area contributed by atoms with E-state index < -0.39 is 10.8 Å². The molecule has 1 aliphatic carbocycles. The lowest BCUT2D eigenvalue weighted by molar-refractivity contribution is -0.385. The van der Waals surface area contributed by atoms with Gasteiger partial charge in [-0.2, -0.15) is 0 Å². The summed E-state index contributed by atoms with van der Waals surface area (Å²) in [4.78, 5) is 22.3. The number of carbonyl (C=O) groups is 1. The monoisotopic (exact) mass is 302 g/mol. The molecule has 2 rings (SSSR count). The van der Waals surface area contributed by atoms with Gasteiger partial charge in [0.05, 0.1) is 4.92 Å². The molecule has 0 spiro atoms. The van der Waals surface area contributed by atoms with Crippen LogP contribution in [0.2, 0.25) is 5.02 Å². The van der Waals surface area contributed by atoms with Gasteiger partial charge < -0.3 is 5.32 Å². The molecule has 1 aliphatic rings. The van der Waals surface area contributed by atoms with E-state index >= 15 is 0 Å². The topological polar surface area (TPSA) is 72.2 Å². The number of alkyl halides is 1. The summed E-state index contributed by atoms with van der Waals surface area (Å²) < 4.78 is 0. The Bertz CT molecular complexity index is 530. The smallest absolute Gasteiger partial charge is 0.282 e. The number of rotatable bonds is 5. The molecule has 0 aliphatic heterocycles. The number of carbonyl (C=O) groups excluding carboxylic acids is 1. The standard InChI is InChI=1S/C12H12Cl2N2O3/c13-6-12(3-4-12)7-15-11(17)9-5-8(14)1-2-10(9)16(18)19/h1-2,5H,3-4,6-7H2,(H,15,17). The summed E-state index contributed by atoms with van der Waals surface area (Å²) in [6, 6.07) is 3.92. The van der Waals surface area contributed by atoms with Gasteiger partial charge in [-0.3, -0.25) is 14.9 Å². The van der Waals surface area contributed by atoms with E-state index in [0.29, 0.717) is 12.4 Å². The average molecular weight is 303 g/mol. The third-order valence-corrected chi connectivity index (χ3v) is 4.07. The van der Waals surface area contributed by atoms with Gasteiger partial charge in [-0.05, 0) is 25.0 Å². The molecule has 0 saturated heterocycles. The number of hydrogen-bond acceptors (Lipinski definition) is 3. The first kappa shape index (κ1) is 14.1. The van der Waals surface area contributed by atoms with E-state index in [0.717, 1.165) is 12.8 Å². The zero-order valence-electron chi connectivity index (χ0n) is 9.99. The summed E-state index contributed by atoms with van der Waals surface area (Å²) >= 11 is 11.6. The molecule has 0 atom stereocenters. The number of benzene rings is 1. The summed E-state index contributed by atoms with van der Waals surface area (Å²) in [6.07, 6.45) is 1.93. The third kappa shape index (κ3) is 3.16. The Morgan fingerprint density at radius 1 is 1.47 bits per heavy atom. The van der Waals surface area contributed by atoms with E-state index in [9.17, 15) is 14.9 Å². The lowest BCUT2D eigenvalue weighted by Gasteiger charge is -2.12. The molecule has 1 aromatic carbocycles. The van der Waals surface area contributed by atoms with Crippen molar-refractivity contribution in [3.05, 3.63) is 38.9 Å². The first-order valence-corrected chi connectivity index (χ1v) is 6.67. The maximum absolute atomic E-state index is 12.0. The first-order chi connectivity index (χ1) is 8.97. The normalized spacial score (nSPS) is 15.9. The minimum Gasteiger partial charge on any atom is -0.351 e. The fourth-order valence-corrected chi connectivity index (χ4v) is 2.28. The summed E-state index contributed by atoms with van der Waals surface area (Å²) in [6.45, 7) is 0.430. The van der Waals surface area contributed by atoms with Gasteiger partial charge in [0.15, 0.2) is 0 Å². The van der Waals surface area contributed by atoms with Crippen LogP contribution < -0.4 is 5.32 Å². The lowest BCUT2D eigenvalue weighted by atomic mass is 10.1. The second-order valence-corrected chi connectivity index (χ2v) is 5.44. The first-order valence-electron chi connectivity index (χ1n) is 5.75. The van der Waals surface area contributed by atoms with Crippen LogP contribution >= 0.6 is 23.2 Å². The molecule has 19 heavy (non-hydrogen) atoms. The van der Waals surface area contributed by atoms with Crippen molar-refractivity contribution >= 4 is 34.8 Å². The number of amides is 1. The van der Waals surface area contributed by atoms with Crippen molar-refractivity contribution in [2.75, 3.05) is 12.4 Å². The van der Waals surface area contributed by atoms with E-state index in [1.165, 1.54) is 18.2 Å². The highest BCUT2D eigenvalue weighted by Crippen LogP contribution is 2.45. The molecule has 1 saturated carbocycles. The summed E-state index contributed by atoms with van der Waals surface area (Å²) in [5.41, 5.74) is -0.314. The molecular weight excluding hydrogens is 291 g/mol.